The average Bonchev–Trinajstić information content (AvgIpc) is 2.59. The Balaban J connectivity index is 0.00000312. The van der Waals surface area contributed by atoms with E-state index in [9.17, 15) is 20.2 Å². The molecule has 2 N–H and O–H groups in total. The van der Waals surface area contributed by atoms with Crippen LogP contribution in [0.3, 0.4) is 0 Å². The third-order valence-corrected chi connectivity index (χ3v) is 3.30. The molecule has 0 amide bonds. The zero-order valence-electron chi connectivity index (χ0n) is 13.5. The molecule has 0 saturated heterocycles. The summed E-state index contributed by atoms with van der Waals surface area (Å²) in [6.07, 6.45) is 3.14. The van der Waals surface area contributed by atoms with Gasteiger partial charge in [-0.1, -0.05) is 6.08 Å². The molecule has 0 aliphatic heterocycles. The molecular formula is C16H16N2O7. The van der Waals surface area contributed by atoms with Crippen LogP contribution in [0.15, 0.2) is 36.4 Å². The van der Waals surface area contributed by atoms with Gasteiger partial charge in [0.25, 0.3) is 11.4 Å². The summed E-state index contributed by atoms with van der Waals surface area (Å²) in [5.74, 6) is 1.15. The summed E-state index contributed by atoms with van der Waals surface area (Å²) < 4.78 is 10.4. The van der Waals surface area contributed by atoms with Gasteiger partial charge in [0.2, 0.25) is 0 Å². The predicted octanol–water partition coefficient (Wildman–Crippen LogP) is 2.87. The van der Waals surface area contributed by atoms with Crippen LogP contribution >= 0.6 is 0 Å². The summed E-state index contributed by atoms with van der Waals surface area (Å²) in [6.45, 7) is 0. The number of benzene rings is 2. The first-order chi connectivity index (χ1) is 11.5. The summed E-state index contributed by atoms with van der Waals surface area (Å²) in [5, 5.41) is 21.9. The summed E-state index contributed by atoms with van der Waals surface area (Å²) >= 11 is 0. The Morgan fingerprint density at radius 3 is 2.08 bits per heavy atom. The summed E-state index contributed by atoms with van der Waals surface area (Å²) in [5.41, 5.74) is 0.267. The number of rotatable bonds is 6. The van der Waals surface area contributed by atoms with Gasteiger partial charge in [-0.2, -0.15) is 0 Å². The van der Waals surface area contributed by atoms with Gasteiger partial charge in [-0.25, -0.2) is 0 Å². The highest BCUT2D eigenvalue weighted by Gasteiger charge is 2.17. The fourth-order valence-electron chi connectivity index (χ4n) is 2.08. The summed E-state index contributed by atoms with van der Waals surface area (Å²) in [4.78, 5) is 20.5. The molecule has 0 atom stereocenters. The lowest BCUT2D eigenvalue weighted by Crippen LogP contribution is -1.95. The van der Waals surface area contributed by atoms with Crippen LogP contribution in [0.2, 0.25) is 0 Å². The maximum Gasteiger partial charge on any atom is 0.283 e. The minimum absolute atomic E-state index is 0. The Morgan fingerprint density at radius 1 is 0.880 bits per heavy atom. The van der Waals surface area contributed by atoms with E-state index in [1.54, 1.807) is 24.3 Å². The van der Waals surface area contributed by atoms with Crippen molar-refractivity contribution in [2.24, 2.45) is 0 Å². The molecule has 0 unspecified atom stereocenters. The van der Waals surface area contributed by atoms with Gasteiger partial charge in [-0.15, -0.1) is 0 Å². The molecule has 9 heteroatoms. The number of methoxy groups -OCH3 is 2. The Morgan fingerprint density at radius 2 is 1.52 bits per heavy atom. The highest BCUT2D eigenvalue weighted by molar-refractivity contribution is 5.77. The first-order valence-electron chi connectivity index (χ1n) is 6.79. The number of nitro benzene ring substituents is 2. The molecule has 9 nitrogen and oxygen atoms in total. The maximum atomic E-state index is 11.1. The van der Waals surface area contributed by atoms with Crippen LogP contribution in [-0.4, -0.2) is 29.5 Å². The first-order valence-corrected chi connectivity index (χ1v) is 6.79. The zero-order valence-corrected chi connectivity index (χ0v) is 13.5. The van der Waals surface area contributed by atoms with Crippen LogP contribution in [0.25, 0.3) is 12.2 Å². The number of hydrogen-bond donors (Lipinski definition) is 0. The van der Waals surface area contributed by atoms with Crippen molar-refractivity contribution in [1.82, 2.24) is 0 Å². The lowest BCUT2D eigenvalue weighted by molar-refractivity contribution is -0.394. The van der Waals surface area contributed by atoms with Gasteiger partial charge in [-0.05, 0) is 24.3 Å². The smallest absolute Gasteiger partial charge is 0.283 e. The average molecular weight is 348 g/mol. The van der Waals surface area contributed by atoms with Gasteiger partial charge in [0.05, 0.1) is 35.7 Å². The van der Waals surface area contributed by atoms with E-state index < -0.39 is 9.85 Å². The summed E-state index contributed by atoms with van der Waals surface area (Å²) in [6, 6.07) is 8.65. The van der Waals surface area contributed by atoms with Crippen LogP contribution in [-0.2, 0) is 0 Å². The monoisotopic (exact) mass is 348 g/mol. The van der Waals surface area contributed by atoms with Crippen molar-refractivity contribution in [3.63, 3.8) is 0 Å². The van der Waals surface area contributed by atoms with Crippen LogP contribution in [0.1, 0.15) is 11.1 Å². The molecule has 0 fully saturated rings. The molecule has 0 spiro atoms. The Kier molecular flexibility index (Phi) is 6.59. The first kappa shape index (κ1) is 19.6. The van der Waals surface area contributed by atoms with Crippen molar-refractivity contribution < 1.29 is 24.8 Å². The van der Waals surface area contributed by atoms with Crippen molar-refractivity contribution in [2.45, 2.75) is 0 Å². The normalized spacial score (nSPS) is 10.2. The highest BCUT2D eigenvalue weighted by atomic mass is 16.6. The maximum absolute atomic E-state index is 11.1. The molecule has 0 saturated carbocycles. The van der Waals surface area contributed by atoms with Gasteiger partial charge in [0.1, 0.15) is 11.5 Å². The molecule has 2 rings (SSSR count). The minimum atomic E-state index is -0.674. The van der Waals surface area contributed by atoms with Crippen molar-refractivity contribution in [1.29, 1.82) is 0 Å². The van der Waals surface area contributed by atoms with Crippen molar-refractivity contribution in [3.05, 3.63) is 67.8 Å². The zero-order chi connectivity index (χ0) is 17.7. The van der Waals surface area contributed by atoms with Gasteiger partial charge in [-0.3, -0.25) is 20.2 Å². The van der Waals surface area contributed by atoms with Crippen molar-refractivity contribution in [3.8, 4) is 11.5 Å². The third kappa shape index (κ3) is 4.52. The number of hydrogen-bond acceptors (Lipinski definition) is 6. The molecule has 25 heavy (non-hydrogen) atoms. The largest absolute Gasteiger partial charge is 0.497 e. The topological polar surface area (TPSA) is 136 Å². The van der Waals surface area contributed by atoms with Crippen LogP contribution < -0.4 is 9.47 Å². The van der Waals surface area contributed by atoms with E-state index in [4.69, 9.17) is 9.47 Å². The van der Waals surface area contributed by atoms with Crippen LogP contribution in [0.4, 0.5) is 11.4 Å². The molecule has 132 valence electrons. The van der Waals surface area contributed by atoms with E-state index in [1.807, 2.05) is 0 Å². The predicted molar refractivity (Wildman–Crippen MR) is 91.8 cm³/mol. The van der Waals surface area contributed by atoms with Gasteiger partial charge < -0.3 is 14.9 Å². The highest BCUT2D eigenvalue weighted by Crippen LogP contribution is 2.29. The van der Waals surface area contributed by atoms with E-state index >= 15 is 0 Å². The molecule has 0 heterocycles. The Bertz CT molecular complexity index is 818. The van der Waals surface area contributed by atoms with Crippen molar-refractivity contribution >= 4 is 23.5 Å². The molecular weight excluding hydrogens is 332 g/mol. The number of nitro groups is 2. The SMILES string of the molecule is COc1ccc(/C=C/c2ccc([N+](=O)[O-])cc2[N+](=O)[O-])c(OC)c1.O. The number of ether oxygens (including phenoxy) is 2. The van der Waals surface area contributed by atoms with Gasteiger partial charge in [0, 0.05) is 17.7 Å². The molecule has 0 aromatic heterocycles. The fraction of sp³-hybridized carbons (Fsp3) is 0.125. The lowest BCUT2D eigenvalue weighted by Gasteiger charge is -2.07. The molecule has 2 aromatic carbocycles. The van der Waals surface area contributed by atoms with Crippen LogP contribution in [0, 0.1) is 20.2 Å². The lowest BCUT2D eigenvalue weighted by atomic mass is 10.1. The molecule has 0 bridgehead atoms. The van der Waals surface area contributed by atoms with E-state index in [2.05, 4.69) is 0 Å². The van der Waals surface area contributed by atoms with E-state index in [-0.39, 0.29) is 22.4 Å². The standard InChI is InChI=1S/C16H14N2O6.H2O/c1-23-14-8-6-12(16(10-14)24-2)4-3-11-5-7-13(17(19)20)9-15(11)18(21)22;/h3-10H,1-2H3;1H2/b4-3+;. The number of non-ortho nitro benzene ring substituents is 1. The van der Waals surface area contributed by atoms with Gasteiger partial charge in [0.15, 0.2) is 0 Å². The second-order valence-electron chi connectivity index (χ2n) is 4.70. The number of nitrogens with zero attached hydrogens (tertiary/aromatic N) is 2. The molecule has 0 aliphatic rings. The van der Waals surface area contributed by atoms with E-state index in [1.165, 1.54) is 32.4 Å². The van der Waals surface area contributed by atoms with Crippen molar-refractivity contribution in [2.75, 3.05) is 14.2 Å². The fourth-order valence-corrected chi connectivity index (χ4v) is 2.08. The molecule has 0 radical (unpaired) electrons. The Labute approximate surface area is 142 Å². The molecule has 2 aromatic rings. The summed E-state index contributed by atoms with van der Waals surface area (Å²) in [7, 11) is 3.03. The third-order valence-electron chi connectivity index (χ3n) is 3.30. The second kappa shape index (κ2) is 8.41. The van der Waals surface area contributed by atoms with E-state index in [0.717, 1.165) is 6.07 Å². The van der Waals surface area contributed by atoms with Gasteiger partial charge >= 0.3 is 0 Å². The quantitative estimate of drug-likeness (QED) is 0.447. The van der Waals surface area contributed by atoms with Crippen LogP contribution in [0.5, 0.6) is 11.5 Å². The Hall–Kier alpha value is -3.46. The molecule has 0 aliphatic carbocycles. The minimum Gasteiger partial charge on any atom is -0.497 e. The second-order valence-corrected chi connectivity index (χ2v) is 4.70. The van der Waals surface area contributed by atoms with E-state index in [0.29, 0.717) is 17.1 Å².